The number of hydrogen-bond donors (Lipinski definition) is 0. The smallest absolute Gasteiger partial charge is 0.494 e. The molecule has 1 saturated heterocycles. The molecule has 8 nitrogen and oxygen atoms in total. The van der Waals surface area contributed by atoms with Crippen LogP contribution >= 0.6 is 23.2 Å². The molecule has 2 aromatic carbocycles. The lowest BCUT2D eigenvalue weighted by Gasteiger charge is -2.36. The lowest BCUT2D eigenvalue weighted by atomic mass is 10.2. The summed E-state index contributed by atoms with van der Waals surface area (Å²) in [6.07, 6.45) is 1.13. The number of unbranched alkanes of at least 4 members (excludes halogenated alkanes) is 1. The number of carbonyl (C=O) groups excluding carboxylic acids is 1. The molecule has 0 unspecified atom stereocenters. The average Bonchev–Trinajstić information content (AvgIpc) is 2.93. The van der Waals surface area contributed by atoms with E-state index in [2.05, 4.69) is 9.80 Å². The number of nitrogens with zero attached hydrogens (tertiary/aromatic N) is 3. The van der Waals surface area contributed by atoms with Crippen molar-refractivity contribution in [3.8, 4) is 5.75 Å². The molecule has 3 aromatic rings. The minimum Gasteiger partial charge on any atom is -0.494 e. The third-order valence-corrected chi connectivity index (χ3v) is 7.40. The Morgan fingerprint density at radius 1 is 0.974 bits per heavy atom. The molecule has 10 heteroatoms. The second-order valence-electron chi connectivity index (χ2n) is 10.0. The molecular formula is C29H35Cl2N3O5. The maximum absolute atomic E-state index is 12.5. The van der Waals surface area contributed by atoms with Gasteiger partial charge in [-0.15, -0.1) is 0 Å². The summed E-state index contributed by atoms with van der Waals surface area (Å²) < 4.78 is 17.6. The van der Waals surface area contributed by atoms with Crippen molar-refractivity contribution in [1.82, 2.24) is 9.47 Å². The fourth-order valence-electron chi connectivity index (χ4n) is 4.46. The molecule has 0 N–H and O–H groups in total. The third-order valence-electron chi connectivity index (χ3n) is 6.59. The van der Waals surface area contributed by atoms with Crippen LogP contribution in [-0.2, 0) is 16.2 Å². The van der Waals surface area contributed by atoms with Gasteiger partial charge in [-0.3, -0.25) is 14.3 Å². The van der Waals surface area contributed by atoms with Gasteiger partial charge in [-0.1, -0.05) is 43.1 Å². The number of piperazine rings is 1. The maximum atomic E-state index is 12.5. The van der Waals surface area contributed by atoms with Gasteiger partial charge in [0.25, 0.3) is 5.56 Å². The van der Waals surface area contributed by atoms with E-state index in [1.165, 1.54) is 10.6 Å². The first kappa shape index (κ1) is 29.1. The Kier molecular flexibility index (Phi) is 10.4. The number of benzene rings is 2. The van der Waals surface area contributed by atoms with E-state index >= 15 is 0 Å². The lowest BCUT2D eigenvalue weighted by molar-refractivity contribution is 0.0277. The summed E-state index contributed by atoms with van der Waals surface area (Å²) in [5, 5.41) is 2.05. The van der Waals surface area contributed by atoms with Crippen LogP contribution in [-0.4, -0.2) is 61.6 Å². The number of aromatic nitrogens is 1. The van der Waals surface area contributed by atoms with Gasteiger partial charge in [0.2, 0.25) is 0 Å². The van der Waals surface area contributed by atoms with Crippen molar-refractivity contribution in [2.45, 2.75) is 33.4 Å². The maximum Gasteiger partial charge on any atom is 0.510 e. The van der Waals surface area contributed by atoms with Crippen molar-refractivity contribution >= 4 is 45.9 Å². The van der Waals surface area contributed by atoms with Crippen LogP contribution in [0.4, 0.5) is 10.5 Å². The summed E-state index contributed by atoms with van der Waals surface area (Å²) in [5.41, 5.74) is 1.36. The molecule has 1 aliphatic rings. The molecule has 0 amide bonds. The number of carbonyl (C=O) groups is 1. The Bertz CT molecular complexity index is 1320. The van der Waals surface area contributed by atoms with E-state index in [9.17, 15) is 9.59 Å². The largest absolute Gasteiger partial charge is 0.510 e. The molecule has 0 atom stereocenters. The van der Waals surface area contributed by atoms with Crippen molar-refractivity contribution in [3.63, 3.8) is 0 Å². The molecule has 0 bridgehead atoms. The SMILES string of the molecule is CC(C)COC(=O)OCn1c(=O)ccc2ccc(OCCCCN3CCN(c4cccc(Cl)c4Cl)CC3)cc21. The predicted octanol–water partition coefficient (Wildman–Crippen LogP) is 6.06. The van der Waals surface area contributed by atoms with Gasteiger partial charge in [-0.25, -0.2) is 4.79 Å². The highest BCUT2D eigenvalue weighted by molar-refractivity contribution is 6.43. The molecule has 2 heterocycles. The quantitative estimate of drug-likeness (QED) is 0.203. The van der Waals surface area contributed by atoms with Gasteiger partial charge in [0.05, 0.1) is 34.5 Å². The van der Waals surface area contributed by atoms with Crippen molar-refractivity contribution in [3.05, 3.63) is 68.9 Å². The van der Waals surface area contributed by atoms with E-state index in [1.807, 2.05) is 44.2 Å². The van der Waals surface area contributed by atoms with Crippen molar-refractivity contribution in [1.29, 1.82) is 0 Å². The van der Waals surface area contributed by atoms with Crippen LogP contribution in [0.5, 0.6) is 5.75 Å². The molecule has 0 aliphatic carbocycles. The molecule has 0 radical (unpaired) electrons. The van der Waals surface area contributed by atoms with E-state index in [4.69, 9.17) is 37.4 Å². The van der Waals surface area contributed by atoms with E-state index in [1.54, 1.807) is 12.1 Å². The molecular weight excluding hydrogens is 541 g/mol. The summed E-state index contributed by atoms with van der Waals surface area (Å²) in [4.78, 5) is 29.1. The van der Waals surface area contributed by atoms with E-state index in [0.717, 1.165) is 56.6 Å². The number of halogens is 2. The van der Waals surface area contributed by atoms with Crippen LogP contribution in [0.2, 0.25) is 10.0 Å². The second kappa shape index (κ2) is 13.9. The molecule has 210 valence electrons. The zero-order valence-corrected chi connectivity index (χ0v) is 23.9. The van der Waals surface area contributed by atoms with Crippen LogP contribution < -0.4 is 15.2 Å². The normalized spacial score (nSPS) is 14.1. The summed E-state index contributed by atoms with van der Waals surface area (Å²) in [6, 6.07) is 14.5. The highest BCUT2D eigenvalue weighted by Crippen LogP contribution is 2.32. The van der Waals surface area contributed by atoms with Gasteiger partial charge in [0.15, 0.2) is 6.73 Å². The highest BCUT2D eigenvalue weighted by atomic mass is 35.5. The Morgan fingerprint density at radius 3 is 2.51 bits per heavy atom. The molecule has 0 saturated carbocycles. The zero-order valence-electron chi connectivity index (χ0n) is 22.4. The number of fused-ring (bicyclic) bond motifs is 1. The summed E-state index contributed by atoms with van der Waals surface area (Å²) in [5.74, 6) is 0.860. The van der Waals surface area contributed by atoms with Gasteiger partial charge < -0.3 is 19.1 Å². The Morgan fingerprint density at radius 2 is 1.74 bits per heavy atom. The summed E-state index contributed by atoms with van der Waals surface area (Å²) in [6.45, 7) is 9.24. The van der Waals surface area contributed by atoms with Crippen LogP contribution in [0, 0.1) is 5.92 Å². The van der Waals surface area contributed by atoms with Crippen LogP contribution in [0.1, 0.15) is 26.7 Å². The number of rotatable bonds is 11. The second-order valence-corrected chi connectivity index (χ2v) is 10.8. The zero-order chi connectivity index (χ0) is 27.8. The fourth-order valence-corrected chi connectivity index (χ4v) is 4.88. The molecule has 4 rings (SSSR count). The third kappa shape index (κ3) is 8.03. The Hall–Kier alpha value is -2.94. The van der Waals surface area contributed by atoms with Crippen LogP contribution in [0.3, 0.4) is 0 Å². The van der Waals surface area contributed by atoms with Crippen molar-refractivity contribution < 1.29 is 19.0 Å². The first-order valence-corrected chi connectivity index (χ1v) is 14.0. The van der Waals surface area contributed by atoms with Gasteiger partial charge in [-0.05, 0) is 61.0 Å². The summed E-state index contributed by atoms with van der Waals surface area (Å²) >= 11 is 12.6. The Balaban J connectivity index is 1.23. The number of ether oxygens (including phenoxy) is 3. The molecule has 0 spiro atoms. The van der Waals surface area contributed by atoms with Crippen molar-refractivity contribution in [2.24, 2.45) is 5.92 Å². The highest BCUT2D eigenvalue weighted by Gasteiger charge is 2.19. The van der Waals surface area contributed by atoms with Gasteiger partial charge >= 0.3 is 6.16 Å². The molecule has 39 heavy (non-hydrogen) atoms. The topological polar surface area (TPSA) is 73.2 Å². The predicted molar refractivity (Wildman–Crippen MR) is 155 cm³/mol. The first-order chi connectivity index (χ1) is 18.8. The monoisotopic (exact) mass is 575 g/mol. The van der Waals surface area contributed by atoms with E-state index in [-0.39, 0.29) is 24.8 Å². The standard InChI is InChI=1S/C29H35Cl2N3O5/c1-21(2)19-38-29(36)39-20-34-26-18-23(10-8-22(26)9-11-27(34)35)37-17-4-3-12-32-13-15-33(16-14-32)25-7-5-6-24(30)28(25)31/h5-11,18,21H,3-4,12-17,19-20H2,1-2H3. The van der Waals surface area contributed by atoms with E-state index < -0.39 is 6.16 Å². The molecule has 1 aromatic heterocycles. The molecule has 1 aliphatic heterocycles. The Labute approximate surface area is 238 Å². The van der Waals surface area contributed by atoms with Gasteiger partial charge in [0, 0.05) is 38.3 Å². The van der Waals surface area contributed by atoms with Crippen LogP contribution in [0.25, 0.3) is 10.9 Å². The van der Waals surface area contributed by atoms with Gasteiger partial charge in [0.1, 0.15) is 5.75 Å². The minimum absolute atomic E-state index is 0.196. The average molecular weight is 577 g/mol. The van der Waals surface area contributed by atoms with Crippen LogP contribution in [0.15, 0.2) is 53.3 Å². The first-order valence-electron chi connectivity index (χ1n) is 13.3. The number of hydrogen-bond acceptors (Lipinski definition) is 7. The van der Waals surface area contributed by atoms with Crippen molar-refractivity contribution in [2.75, 3.05) is 50.8 Å². The number of anilines is 1. The van der Waals surface area contributed by atoms with E-state index in [0.29, 0.717) is 27.9 Å². The number of pyridine rings is 1. The molecule has 1 fully saturated rings. The van der Waals surface area contributed by atoms with Gasteiger partial charge in [-0.2, -0.15) is 0 Å². The summed E-state index contributed by atoms with van der Waals surface area (Å²) in [7, 11) is 0. The minimum atomic E-state index is -0.797. The fraction of sp³-hybridized carbons (Fsp3) is 0.448. The lowest BCUT2D eigenvalue weighted by Crippen LogP contribution is -2.46.